The number of urea groups is 1. The molecule has 0 bridgehead atoms. The quantitative estimate of drug-likeness (QED) is 0.732. The molecular weight excluding hydrogens is 332 g/mol. The molecule has 1 fully saturated rings. The first-order chi connectivity index (χ1) is 12.6. The number of carbonyl (C=O) groups is 2. The monoisotopic (exact) mass is 348 g/mol. The van der Waals surface area contributed by atoms with E-state index in [9.17, 15) is 9.59 Å². The molecule has 0 aliphatic carbocycles. The smallest absolute Gasteiger partial charge is 0.325 e. The van der Waals surface area contributed by atoms with Crippen LogP contribution in [0.4, 0.5) is 4.79 Å². The highest BCUT2D eigenvalue weighted by Crippen LogP contribution is 2.29. The topological polar surface area (TPSA) is 88.3 Å². The van der Waals surface area contributed by atoms with Gasteiger partial charge in [-0.3, -0.25) is 14.7 Å². The molecule has 3 heterocycles. The molecule has 26 heavy (non-hydrogen) atoms. The molecule has 0 unspecified atom stereocenters. The SMILES string of the molecule is C[C@]1(c2ccccn2)NC(=O)N(Cc2cc(-c3ccccc3)on2)C1=O. The van der Waals surface area contributed by atoms with Gasteiger partial charge in [-0.2, -0.15) is 0 Å². The summed E-state index contributed by atoms with van der Waals surface area (Å²) in [5.41, 5.74) is 0.676. The zero-order chi connectivity index (χ0) is 18.1. The van der Waals surface area contributed by atoms with Gasteiger partial charge in [0.05, 0.1) is 12.2 Å². The molecule has 1 aliphatic rings. The van der Waals surface area contributed by atoms with Crippen molar-refractivity contribution in [1.82, 2.24) is 20.4 Å². The number of imide groups is 1. The second-order valence-corrected chi connectivity index (χ2v) is 6.21. The van der Waals surface area contributed by atoms with E-state index >= 15 is 0 Å². The van der Waals surface area contributed by atoms with E-state index in [1.165, 1.54) is 0 Å². The summed E-state index contributed by atoms with van der Waals surface area (Å²) in [4.78, 5) is 30.6. The van der Waals surface area contributed by atoms with Gasteiger partial charge >= 0.3 is 6.03 Å². The van der Waals surface area contributed by atoms with Crippen LogP contribution in [0.3, 0.4) is 0 Å². The molecule has 1 saturated heterocycles. The van der Waals surface area contributed by atoms with Crippen LogP contribution in [0.15, 0.2) is 65.3 Å². The van der Waals surface area contributed by atoms with E-state index in [2.05, 4.69) is 15.5 Å². The van der Waals surface area contributed by atoms with Crippen LogP contribution in [0.5, 0.6) is 0 Å². The predicted molar refractivity (Wildman–Crippen MR) is 92.6 cm³/mol. The molecule has 4 rings (SSSR count). The molecule has 0 radical (unpaired) electrons. The number of carbonyl (C=O) groups excluding carboxylic acids is 2. The number of aromatic nitrogens is 2. The van der Waals surface area contributed by atoms with Crippen LogP contribution in [0.25, 0.3) is 11.3 Å². The van der Waals surface area contributed by atoms with E-state index in [1.807, 2.05) is 30.3 Å². The van der Waals surface area contributed by atoms with Crippen molar-refractivity contribution in [3.8, 4) is 11.3 Å². The average Bonchev–Trinajstić information content (AvgIpc) is 3.23. The van der Waals surface area contributed by atoms with Gasteiger partial charge in [-0.05, 0) is 19.1 Å². The highest BCUT2D eigenvalue weighted by molar-refractivity contribution is 6.06. The van der Waals surface area contributed by atoms with Crippen molar-refractivity contribution in [3.63, 3.8) is 0 Å². The lowest BCUT2D eigenvalue weighted by Crippen LogP contribution is -2.41. The molecule has 2 aromatic heterocycles. The minimum Gasteiger partial charge on any atom is -0.356 e. The molecule has 1 aromatic carbocycles. The van der Waals surface area contributed by atoms with Crippen LogP contribution in [-0.2, 0) is 16.9 Å². The minimum absolute atomic E-state index is 0.0312. The first-order valence-electron chi connectivity index (χ1n) is 8.14. The van der Waals surface area contributed by atoms with Gasteiger partial charge in [0.25, 0.3) is 5.91 Å². The zero-order valence-corrected chi connectivity index (χ0v) is 14.0. The van der Waals surface area contributed by atoms with E-state index in [4.69, 9.17) is 4.52 Å². The largest absolute Gasteiger partial charge is 0.356 e. The second kappa shape index (κ2) is 6.11. The highest BCUT2D eigenvalue weighted by atomic mass is 16.5. The van der Waals surface area contributed by atoms with Gasteiger partial charge < -0.3 is 9.84 Å². The van der Waals surface area contributed by atoms with Crippen LogP contribution >= 0.6 is 0 Å². The van der Waals surface area contributed by atoms with E-state index in [0.717, 1.165) is 10.5 Å². The molecule has 3 amide bonds. The number of hydrogen-bond acceptors (Lipinski definition) is 5. The van der Waals surface area contributed by atoms with Crippen molar-refractivity contribution in [2.24, 2.45) is 0 Å². The molecule has 1 aliphatic heterocycles. The Hall–Kier alpha value is -3.48. The second-order valence-electron chi connectivity index (χ2n) is 6.21. The summed E-state index contributed by atoms with van der Waals surface area (Å²) < 4.78 is 5.34. The van der Waals surface area contributed by atoms with E-state index < -0.39 is 11.6 Å². The molecular formula is C19H16N4O3. The molecule has 0 saturated carbocycles. The van der Waals surface area contributed by atoms with Gasteiger partial charge in [-0.25, -0.2) is 4.79 Å². The Morgan fingerprint density at radius 1 is 1.12 bits per heavy atom. The summed E-state index contributed by atoms with van der Waals surface area (Å²) in [6, 6.07) is 16.0. The maximum atomic E-state index is 12.9. The first kappa shape index (κ1) is 16.0. The summed E-state index contributed by atoms with van der Waals surface area (Å²) >= 11 is 0. The molecule has 1 atom stereocenters. The van der Waals surface area contributed by atoms with E-state index in [1.54, 1.807) is 37.4 Å². The predicted octanol–water partition coefficient (Wildman–Crippen LogP) is 2.70. The zero-order valence-electron chi connectivity index (χ0n) is 14.0. The number of benzene rings is 1. The van der Waals surface area contributed by atoms with E-state index in [-0.39, 0.29) is 12.5 Å². The van der Waals surface area contributed by atoms with Crippen molar-refractivity contribution in [2.75, 3.05) is 0 Å². The average molecular weight is 348 g/mol. The summed E-state index contributed by atoms with van der Waals surface area (Å²) in [6.45, 7) is 1.68. The standard InChI is InChI=1S/C19H16N4O3/c1-19(16-9-5-6-10-20-16)17(24)23(18(25)21-19)12-14-11-15(26-22-14)13-7-3-2-4-8-13/h2-11H,12H2,1H3,(H,21,25)/t19-/m1/s1. The van der Waals surface area contributed by atoms with Crippen molar-refractivity contribution >= 4 is 11.9 Å². The molecule has 7 heteroatoms. The fourth-order valence-electron chi connectivity index (χ4n) is 2.96. The fraction of sp³-hybridized carbons (Fsp3) is 0.158. The molecule has 3 aromatic rings. The van der Waals surface area contributed by atoms with Gasteiger partial charge in [0, 0.05) is 17.8 Å². The van der Waals surface area contributed by atoms with Crippen molar-refractivity contribution < 1.29 is 14.1 Å². The van der Waals surface area contributed by atoms with Crippen molar-refractivity contribution in [3.05, 3.63) is 72.2 Å². The van der Waals surface area contributed by atoms with Crippen LogP contribution in [0.1, 0.15) is 18.3 Å². The Bertz CT molecular complexity index is 955. The molecule has 1 N–H and O–H groups in total. The van der Waals surface area contributed by atoms with Crippen LogP contribution < -0.4 is 5.32 Å². The Morgan fingerprint density at radius 3 is 2.62 bits per heavy atom. The Kier molecular flexibility index (Phi) is 3.76. The number of hydrogen-bond donors (Lipinski definition) is 1. The lowest BCUT2D eigenvalue weighted by molar-refractivity contribution is -0.131. The van der Waals surface area contributed by atoms with Crippen molar-refractivity contribution in [1.29, 1.82) is 0 Å². The van der Waals surface area contributed by atoms with Gasteiger partial charge in [-0.15, -0.1) is 0 Å². The van der Waals surface area contributed by atoms with Crippen LogP contribution in [0.2, 0.25) is 0 Å². The third kappa shape index (κ3) is 2.63. The number of nitrogens with one attached hydrogen (secondary N) is 1. The summed E-state index contributed by atoms with van der Waals surface area (Å²) in [6.07, 6.45) is 1.59. The van der Waals surface area contributed by atoms with E-state index in [0.29, 0.717) is 17.1 Å². The molecule has 130 valence electrons. The normalized spacial score (nSPS) is 19.7. The summed E-state index contributed by atoms with van der Waals surface area (Å²) in [5, 5.41) is 6.70. The Morgan fingerprint density at radius 2 is 1.88 bits per heavy atom. The summed E-state index contributed by atoms with van der Waals surface area (Å²) in [5.74, 6) is 0.214. The number of pyridine rings is 1. The third-order valence-electron chi connectivity index (χ3n) is 4.39. The van der Waals surface area contributed by atoms with Crippen LogP contribution in [-0.4, -0.2) is 27.0 Å². The fourth-order valence-corrected chi connectivity index (χ4v) is 2.96. The number of nitrogens with zero attached hydrogens (tertiary/aromatic N) is 3. The van der Waals surface area contributed by atoms with Crippen LogP contribution in [0, 0.1) is 0 Å². The Balaban J connectivity index is 1.57. The van der Waals surface area contributed by atoms with Gasteiger partial charge in [0.2, 0.25) is 0 Å². The number of amides is 3. The Labute approximate surface area is 149 Å². The van der Waals surface area contributed by atoms with Gasteiger partial charge in [0.1, 0.15) is 5.69 Å². The lowest BCUT2D eigenvalue weighted by Gasteiger charge is -2.20. The van der Waals surface area contributed by atoms with Gasteiger partial charge in [-0.1, -0.05) is 41.6 Å². The van der Waals surface area contributed by atoms with Crippen molar-refractivity contribution in [2.45, 2.75) is 19.0 Å². The van der Waals surface area contributed by atoms with Gasteiger partial charge in [0.15, 0.2) is 11.3 Å². The molecule has 0 spiro atoms. The first-order valence-corrected chi connectivity index (χ1v) is 8.14. The number of rotatable bonds is 4. The lowest BCUT2D eigenvalue weighted by atomic mass is 9.97. The highest BCUT2D eigenvalue weighted by Gasteiger charge is 2.50. The molecule has 7 nitrogen and oxygen atoms in total. The summed E-state index contributed by atoms with van der Waals surface area (Å²) in [7, 11) is 0. The maximum absolute atomic E-state index is 12.9. The minimum atomic E-state index is -1.19. The third-order valence-corrected chi connectivity index (χ3v) is 4.39. The maximum Gasteiger partial charge on any atom is 0.325 e.